The van der Waals surface area contributed by atoms with E-state index in [-0.39, 0.29) is 35.7 Å². The number of nitrogens with one attached hydrogen (secondary N) is 2. The number of piperidine rings is 1. The van der Waals surface area contributed by atoms with E-state index in [4.69, 9.17) is 9.47 Å². The lowest BCUT2D eigenvalue weighted by Crippen LogP contribution is -2.35. The van der Waals surface area contributed by atoms with Crippen LogP contribution in [0.1, 0.15) is 43.7 Å². The van der Waals surface area contributed by atoms with Gasteiger partial charge >= 0.3 is 0 Å². The standard InChI is InChI=1S/C20H26N2O3.ClH/c23-19(15-12-20(15)5-7-21-8-6-20)22-18(13-1-2-13)14-3-4-16-17(11-14)25-10-9-24-16;/h3-4,11,13,15,18,21H,1-2,5-10,12H2,(H,22,23);1H. The molecule has 0 radical (unpaired) electrons. The maximum Gasteiger partial charge on any atom is 0.224 e. The van der Waals surface area contributed by atoms with Crippen LogP contribution in [0.2, 0.25) is 0 Å². The number of benzene rings is 1. The number of carbonyl (C=O) groups is 1. The van der Waals surface area contributed by atoms with Gasteiger partial charge in [0.1, 0.15) is 13.2 Å². The number of carbonyl (C=O) groups excluding carboxylic acids is 1. The Morgan fingerprint density at radius 2 is 1.88 bits per heavy atom. The van der Waals surface area contributed by atoms with Crippen molar-refractivity contribution in [3.63, 3.8) is 0 Å². The van der Waals surface area contributed by atoms with E-state index in [2.05, 4.69) is 22.8 Å². The molecule has 4 aliphatic rings. The van der Waals surface area contributed by atoms with Gasteiger partial charge in [-0.25, -0.2) is 0 Å². The molecule has 2 unspecified atom stereocenters. The zero-order valence-electron chi connectivity index (χ0n) is 15.0. The summed E-state index contributed by atoms with van der Waals surface area (Å²) in [6.07, 6.45) is 5.74. The normalized spacial score (nSPS) is 26.5. The van der Waals surface area contributed by atoms with E-state index >= 15 is 0 Å². The molecule has 2 aliphatic heterocycles. The lowest BCUT2D eigenvalue weighted by Gasteiger charge is -2.25. The smallest absolute Gasteiger partial charge is 0.224 e. The van der Waals surface area contributed by atoms with Crippen molar-refractivity contribution in [3.05, 3.63) is 23.8 Å². The van der Waals surface area contributed by atoms with Crippen LogP contribution in [0.15, 0.2) is 18.2 Å². The molecule has 2 N–H and O–H groups in total. The Labute approximate surface area is 160 Å². The van der Waals surface area contributed by atoms with Crippen molar-refractivity contribution in [2.24, 2.45) is 17.3 Å². The van der Waals surface area contributed by atoms with Crippen LogP contribution < -0.4 is 20.1 Å². The van der Waals surface area contributed by atoms with Crippen molar-refractivity contribution in [2.75, 3.05) is 26.3 Å². The summed E-state index contributed by atoms with van der Waals surface area (Å²) in [4.78, 5) is 12.9. The molecular weight excluding hydrogens is 352 g/mol. The Bertz CT molecular complexity index is 686. The summed E-state index contributed by atoms with van der Waals surface area (Å²) in [5.74, 6) is 2.66. The molecule has 5 nitrogen and oxygen atoms in total. The quantitative estimate of drug-likeness (QED) is 0.845. The van der Waals surface area contributed by atoms with E-state index in [0.29, 0.717) is 19.1 Å². The third kappa shape index (κ3) is 3.27. The first-order valence-electron chi connectivity index (χ1n) is 9.66. The van der Waals surface area contributed by atoms with E-state index < -0.39 is 0 Å². The van der Waals surface area contributed by atoms with E-state index in [0.717, 1.165) is 49.4 Å². The van der Waals surface area contributed by atoms with Gasteiger partial charge in [-0.05, 0) is 74.2 Å². The van der Waals surface area contributed by atoms with E-state index in [1.807, 2.05) is 6.07 Å². The molecular formula is C20H27ClN2O3. The van der Waals surface area contributed by atoms with Gasteiger partial charge in [-0.1, -0.05) is 6.07 Å². The molecule has 6 heteroatoms. The lowest BCUT2D eigenvalue weighted by atomic mass is 9.91. The number of rotatable bonds is 4. The van der Waals surface area contributed by atoms with Crippen molar-refractivity contribution < 1.29 is 14.3 Å². The van der Waals surface area contributed by atoms with Crippen molar-refractivity contribution in [1.29, 1.82) is 0 Å². The molecule has 2 aliphatic carbocycles. The Morgan fingerprint density at radius 3 is 2.62 bits per heavy atom. The van der Waals surface area contributed by atoms with Crippen LogP contribution in [0, 0.1) is 17.3 Å². The Hall–Kier alpha value is -1.46. The fraction of sp³-hybridized carbons (Fsp3) is 0.650. The first kappa shape index (κ1) is 17.9. The van der Waals surface area contributed by atoms with Gasteiger partial charge in [0.15, 0.2) is 11.5 Å². The summed E-state index contributed by atoms with van der Waals surface area (Å²) in [6, 6.07) is 6.24. The highest BCUT2D eigenvalue weighted by Gasteiger charge is 2.58. The second kappa shape index (κ2) is 6.93. The molecule has 2 heterocycles. The lowest BCUT2D eigenvalue weighted by molar-refractivity contribution is -0.124. The molecule has 2 atom stereocenters. The molecule has 0 aromatic heterocycles. The van der Waals surface area contributed by atoms with Gasteiger partial charge in [0.25, 0.3) is 0 Å². The number of ether oxygens (including phenoxy) is 2. The van der Waals surface area contributed by atoms with Crippen LogP contribution >= 0.6 is 12.4 Å². The summed E-state index contributed by atoms with van der Waals surface area (Å²) < 4.78 is 11.3. The molecule has 5 rings (SSSR count). The average molecular weight is 379 g/mol. The predicted octanol–water partition coefficient (Wildman–Crippen LogP) is 2.84. The van der Waals surface area contributed by atoms with Gasteiger partial charge < -0.3 is 20.1 Å². The van der Waals surface area contributed by atoms with Gasteiger partial charge in [-0.15, -0.1) is 12.4 Å². The maximum atomic E-state index is 12.9. The highest BCUT2D eigenvalue weighted by atomic mass is 35.5. The molecule has 142 valence electrons. The fourth-order valence-electron chi connectivity index (χ4n) is 4.61. The van der Waals surface area contributed by atoms with Gasteiger partial charge in [0.2, 0.25) is 5.91 Å². The summed E-state index contributed by atoms with van der Waals surface area (Å²) in [7, 11) is 0. The van der Waals surface area contributed by atoms with Gasteiger partial charge in [-0.2, -0.15) is 0 Å². The third-order valence-corrected chi connectivity index (χ3v) is 6.42. The van der Waals surface area contributed by atoms with Gasteiger partial charge in [-0.3, -0.25) is 4.79 Å². The Morgan fingerprint density at radius 1 is 1.15 bits per heavy atom. The molecule has 0 bridgehead atoms. The molecule has 3 fully saturated rings. The first-order chi connectivity index (χ1) is 12.3. The predicted molar refractivity (Wildman–Crippen MR) is 101 cm³/mol. The number of amides is 1. The number of halogens is 1. The number of fused-ring (bicyclic) bond motifs is 1. The van der Waals surface area contributed by atoms with E-state index in [9.17, 15) is 4.79 Å². The zero-order chi connectivity index (χ0) is 16.9. The number of hydrogen-bond acceptors (Lipinski definition) is 4. The highest BCUT2D eigenvalue weighted by Crippen LogP contribution is 2.59. The minimum Gasteiger partial charge on any atom is -0.486 e. The van der Waals surface area contributed by atoms with Crippen LogP contribution in [-0.2, 0) is 4.79 Å². The van der Waals surface area contributed by atoms with Crippen molar-refractivity contribution in [3.8, 4) is 11.5 Å². The fourth-order valence-corrected chi connectivity index (χ4v) is 4.61. The number of hydrogen-bond donors (Lipinski definition) is 2. The minimum atomic E-state index is 0. The summed E-state index contributed by atoms with van der Waals surface area (Å²) >= 11 is 0. The second-order valence-electron chi connectivity index (χ2n) is 8.10. The van der Waals surface area contributed by atoms with Crippen LogP contribution in [0.5, 0.6) is 11.5 Å². The molecule has 1 spiro atoms. The summed E-state index contributed by atoms with van der Waals surface area (Å²) in [5.41, 5.74) is 1.44. The van der Waals surface area contributed by atoms with Crippen molar-refractivity contribution in [1.82, 2.24) is 10.6 Å². The summed E-state index contributed by atoms with van der Waals surface area (Å²) in [6.45, 7) is 3.30. The zero-order valence-corrected chi connectivity index (χ0v) is 15.8. The topological polar surface area (TPSA) is 59.6 Å². The molecule has 1 aromatic carbocycles. The van der Waals surface area contributed by atoms with Crippen LogP contribution in [-0.4, -0.2) is 32.2 Å². The van der Waals surface area contributed by atoms with Gasteiger partial charge in [0.05, 0.1) is 6.04 Å². The van der Waals surface area contributed by atoms with Crippen molar-refractivity contribution >= 4 is 18.3 Å². The van der Waals surface area contributed by atoms with E-state index in [1.165, 1.54) is 12.8 Å². The monoisotopic (exact) mass is 378 g/mol. The Balaban J connectivity index is 0.00000168. The van der Waals surface area contributed by atoms with Crippen LogP contribution in [0.4, 0.5) is 0 Å². The van der Waals surface area contributed by atoms with Crippen molar-refractivity contribution in [2.45, 2.75) is 38.1 Å². The summed E-state index contributed by atoms with van der Waals surface area (Å²) in [5, 5.41) is 6.79. The van der Waals surface area contributed by atoms with Crippen LogP contribution in [0.3, 0.4) is 0 Å². The average Bonchev–Trinajstić information content (AvgIpc) is 3.57. The molecule has 26 heavy (non-hydrogen) atoms. The second-order valence-corrected chi connectivity index (χ2v) is 8.10. The minimum absolute atomic E-state index is 0. The Kier molecular flexibility index (Phi) is 4.78. The molecule has 2 saturated carbocycles. The maximum absolute atomic E-state index is 12.9. The molecule has 1 amide bonds. The van der Waals surface area contributed by atoms with E-state index in [1.54, 1.807) is 0 Å². The highest BCUT2D eigenvalue weighted by molar-refractivity contribution is 5.85. The first-order valence-corrected chi connectivity index (χ1v) is 9.66. The molecule has 1 saturated heterocycles. The largest absolute Gasteiger partial charge is 0.486 e. The van der Waals surface area contributed by atoms with Gasteiger partial charge in [0, 0.05) is 5.92 Å². The third-order valence-electron chi connectivity index (χ3n) is 6.42. The SMILES string of the molecule is Cl.O=C(NC(c1ccc2c(c1)OCCO2)C1CC1)C1CC12CCNCC2. The van der Waals surface area contributed by atoms with Crippen LogP contribution in [0.25, 0.3) is 0 Å². The molecule has 1 aromatic rings.